The number of hydrogen-bond donors (Lipinski definition) is 1. The average Bonchev–Trinajstić information content (AvgIpc) is 3.34. The number of thiazole rings is 1. The van der Waals surface area contributed by atoms with Crippen LogP contribution in [0, 0.1) is 0 Å². The van der Waals surface area contributed by atoms with Crippen LogP contribution in [-0.2, 0) is 4.74 Å². The molecule has 1 aliphatic rings. The maximum atomic E-state index is 12.9. The fourth-order valence-electron chi connectivity index (χ4n) is 3.46. The summed E-state index contributed by atoms with van der Waals surface area (Å²) in [6.07, 6.45) is 3.59. The van der Waals surface area contributed by atoms with E-state index in [0.717, 1.165) is 18.4 Å². The lowest BCUT2D eigenvalue weighted by Gasteiger charge is -2.16. The molecule has 0 radical (unpaired) electrons. The first-order valence-electron chi connectivity index (χ1n) is 11.2. The van der Waals surface area contributed by atoms with E-state index in [9.17, 15) is 4.79 Å². The molecule has 1 amide bonds. The predicted octanol–water partition coefficient (Wildman–Crippen LogP) is 5.53. The summed E-state index contributed by atoms with van der Waals surface area (Å²) >= 11 is 1.34. The molecule has 1 saturated carbocycles. The minimum absolute atomic E-state index is 0.216. The molecule has 0 saturated heterocycles. The van der Waals surface area contributed by atoms with Gasteiger partial charge in [0.1, 0.15) is 23.4 Å². The molecule has 180 valence electrons. The van der Waals surface area contributed by atoms with Crippen LogP contribution in [0.4, 0.5) is 5.13 Å². The number of aromatic nitrogens is 3. The van der Waals surface area contributed by atoms with Crippen molar-refractivity contribution in [1.82, 2.24) is 15.2 Å². The standard InChI is InChI=1S/C25H24N4O5S/c1-15(14-31-2)32-20-11-18(22(30)27-25-26-8-9-35-25)12-21(13-20)33-19-5-3-4-17(10-19)24-29-28-23(34-24)16-6-7-16/h3-5,8-13,15-16H,6-7,14H2,1-2H3,(H,26,27,30). The second-order valence-electron chi connectivity index (χ2n) is 8.22. The number of nitrogens with one attached hydrogen (secondary N) is 1. The highest BCUT2D eigenvalue weighted by Crippen LogP contribution is 2.40. The largest absolute Gasteiger partial charge is 0.488 e. The van der Waals surface area contributed by atoms with Gasteiger partial charge in [-0.05, 0) is 50.1 Å². The summed E-state index contributed by atoms with van der Waals surface area (Å²) in [5.74, 6) is 2.68. The van der Waals surface area contributed by atoms with Gasteiger partial charge in [0.15, 0.2) is 5.13 Å². The van der Waals surface area contributed by atoms with E-state index in [1.54, 1.807) is 36.9 Å². The van der Waals surface area contributed by atoms with E-state index in [2.05, 4.69) is 20.5 Å². The lowest BCUT2D eigenvalue weighted by Crippen LogP contribution is -2.18. The van der Waals surface area contributed by atoms with E-state index in [4.69, 9.17) is 18.6 Å². The van der Waals surface area contributed by atoms with Crippen molar-refractivity contribution in [1.29, 1.82) is 0 Å². The molecule has 1 unspecified atom stereocenters. The third-order valence-electron chi connectivity index (χ3n) is 5.22. The van der Waals surface area contributed by atoms with Crippen LogP contribution in [0.15, 0.2) is 58.5 Å². The minimum Gasteiger partial charge on any atom is -0.488 e. The fourth-order valence-corrected chi connectivity index (χ4v) is 3.98. The molecular formula is C25H24N4O5S. The second kappa shape index (κ2) is 10.2. The molecule has 2 aromatic carbocycles. The highest BCUT2D eigenvalue weighted by molar-refractivity contribution is 7.13. The highest BCUT2D eigenvalue weighted by Gasteiger charge is 2.29. The van der Waals surface area contributed by atoms with Crippen LogP contribution in [0.1, 0.15) is 41.9 Å². The molecule has 5 rings (SSSR count). The summed E-state index contributed by atoms with van der Waals surface area (Å²) in [5, 5.41) is 13.4. The molecule has 9 nitrogen and oxygen atoms in total. The van der Waals surface area contributed by atoms with Gasteiger partial charge < -0.3 is 18.6 Å². The zero-order chi connectivity index (χ0) is 24.2. The number of ether oxygens (including phenoxy) is 3. The van der Waals surface area contributed by atoms with Crippen molar-refractivity contribution in [3.63, 3.8) is 0 Å². The van der Waals surface area contributed by atoms with Crippen LogP contribution in [-0.4, -0.2) is 40.9 Å². The zero-order valence-electron chi connectivity index (χ0n) is 19.3. The lowest BCUT2D eigenvalue weighted by atomic mass is 10.1. The normalized spacial score (nSPS) is 13.9. The molecule has 1 N–H and O–H groups in total. The summed E-state index contributed by atoms with van der Waals surface area (Å²) in [4.78, 5) is 17.0. The number of rotatable bonds is 10. The first-order valence-corrected chi connectivity index (χ1v) is 12.1. The maximum absolute atomic E-state index is 12.9. The number of carbonyl (C=O) groups excluding carboxylic acids is 1. The van der Waals surface area contributed by atoms with Crippen LogP contribution in [0.3, 0.4) is 0 Å². The first-order chi connectivity index (χ1) is 17.1. The van der Waals surface area contributed by atoms with Gasteiger partial charge in [-0.3, -0.25) is 10.1 Å². The van der Waals surface area contributed by atoms with Crippen LogP contribution < -0.4 is 14.8 Å². The predicted molar refractivity (Wildman–Crippen MR) is 130 cm³/mol. The summed E-state index contributed by atoms with van der Waals surface area (Å²) in [7, 11) is 1.61. The Morgan fingerprint density at radius 1 is 1.17 bits per heavy atom. The van der Waals surface area contributed by atoms with Gasteiger partial charge in [-0.15, -0.1) is 21.5 Å². The number of methoxy groups -OCH3 is 1. The van der Waals surface area contributed by atoms with Crippen molar-refractivity contribution in [2.24, 2.45) is 0 Å². The molecule has 0 aliphatic heterocycles. The zero-order valence-corrected chi connectivity index (χ0v) is 20.1. The number of hydrogen-bond acceptors (Lipinski definition) is 9. The topological polar surface area (TPSA) is 109 Å². The molecule has 1 fully saturated rings. The molecule has 35 heavy (non-hydrogen) atoms. The van der Waals surface area contributed by atoms with Gasteiger partial charge in [-0.25, -0.2) is 4.98 Å². The number of benzene rings is 2. The number of nitrogens with zero attached hydrogens (tertiary/aromatic N) is 3. The molecule has 4 aromatic rings. The van der Waals surface area contributed by atoms with E-state index in [1.807, 2.05) is 31.2 Å². The number of anilines is 1. The molecule has 1 atom stereocenters. The number of carbonyl (C=O) groups is 1. The Morgan fingerprint density at radius 2 is 2.03 bits per heavy atom. The van der Waals surface area contributed by atoms with Crippen molar-refractivity contribution in [2.45, 2.75) is 31.8 Å². The summed E-state index contributed by atoms with van der Waals surface area (Å²) < 4.78 is 23.1. The van der Waals surface area contributed by atoms with Crippen molar-refractivity contribution in [2.75, 3.05) is 19.0 Å². The average molecular weight is 493 g/mol. The van der Waals surface area contributed by atoms with Crippen molar-refractivity contribution in [3.05, 3.63) is 65.5 Å². The highest BCUT2D eigenvalue weighted by atomic mass is 32.1. The van der Waals surface area contributed by atoms with Gasteiger partial charge in [0.2, 0.25) is 11.8 Å². The van der Waals surface area contributed by atoms with Crippen LogP contribution in [0.5, 0.6) is 17.2 Å². The third kappa shape index (κ3) is 5.84. The Labute approximate surface area is 206 Å². The van der Waals surface area contributed by atoms with E-state index >= 15 is 0 Å². The molecular weight excluding hydrogens is 468 g/mol. The molecule has 2 aromatic heterocycles. The summed E-state index contributed by atoms with van der Waals surface area (Å²) in [5.41, 5.74) is 1.13. The van der Waals surface area contributed by atoms with Gasteiger partial charge in [-0.1, -0.05) is 6.07 Å². The molecule has 0 bridgehead atoms. The van der Waals surface area contributed by atoms with Crippen LogP contribution >= 0.6 is 11.3 Å². The SMILES string of the molecule is COCC(C)Oc1cc(Oc2cccc(-c3nnc(C4CC4)o3)c2)cc(C(=O)Nc2nccs2)c1. The Hall–Kier alpha value is -3.76. The van der Waals surface area contributed by atoms with E-state index < -0.39 is 0 Å². The van der Waals surface area contributed by atoms with Gasteiger partial charge in [-0.2, -0.15) is 0 Å². The molecule has 2 heterocycles. The fraction of sp³-hybridized carbons (Fsp3) is 0.280. The Kier molecular flexibility index (Phi) is 6.73. The van der Waals surface area contributed by atoms with Crippen LogP contribution in [0.2, 0.25) is 0 Å². The summed E-state index contributed by atoms with van der Waals surface area (Å²) in [6, 6.07) is 12.4. The van der Waals surface area contributed by atoms with Gasteiger partial charge in [0, 0.05) is 41.8 Å². The monoisotopic (exact) mass is 492 g/mol. The van der Waals surface area contributed by atoms with E-state index in [0.29, 0.717) is 52.2 Å². The maximum Gasteiger partial charge on any atom is 0.257 e. The Balaban J connectivity index is 1.39. The van der Waals surface area contributed by atoms with Gasteiger partial charge in [0.25, 0.3) is 5.91 Å². The molecule has 1 aliphatic carbocycles. The van der Waals surface area contributed by atoms with Gasteiger partial charge in [0.05, 0.1) is 6.61 Å². The van der Waals surface area contributed by atoms with Gasteiger partial charge >= 0.3 is 0 Å². The third-order valence-corrected chi connectivity index (χ3v) is 5.91. The lowest BCUT2D eigenvalue weighted by molar-refractivity contribution is 0.0916. The molecule has 10 heteroatoms. The summed E-state index contributed by atoms with van der Waals surface area (Å²) in [6.45, 7) is 2.29. The number of amides is 1. The van der Waals surface area contributed by atoms with Crippen molar-refractivity contribution >= 4 is 22.4 Å². The van der Waals surface area contributed by atoms with Crippen LogP contribution in [0.25, 0.3) is 11.5 Å². The Bertz CT molecular complexity index is 1300. The second-order valence-corrected chi connectivity index (χ2v) is 9.11. The van der Waals surface area contributed by atoms with E-state index in [-0.39, 0.29) is 12.0 Å². The van der Waals surface area contributed by atoms with Crippen molar-refractivity contribution < 1.29 is 23.4 Å². The van der Waals surface area contributed by atoms with Crippen molar-refractivity contribution in [3.8, 4) is 28.7 Å². The first kappa shape index (κ1) is 23.0. The smallest absolute Gasteiger partial charge is 0.257 e. The Morgan fingerprint density at radius 3 is 2.80 bits per heavy atom. The van der Waals surface area contributed by atoms with E-state index in [1.165, 1.54) is 11.3 Å². The quantitative estimate of drug-likeness (QED) is 0.308. The minimum atomic E-state index is -0.318. The molecule has 0 spiro atoms.